The van der Waals surface area contributed by atoms with Crippen LogP contribution in [0.5, 0.6) is 11.5 Å². The molecule has 0 aliphatic carbocycles. The molecule has 4 nitrogen and oxygen atoms in total. The van der Waals surface area contributed by atoms with Gasteiger partial charge in [-0.2, -0.15) is 0 Å². The SMILES string of the molecule is O=C(O)c1scc(Br)c1OCCCCOc1cscc1Br. The molecule has 2 aromatic heterocycles. The summed E-state index contributed by atoms with van der Waals surface area (Å²) in [6, 6.07) is 0. The van der Waals surface area contributed by atoms with Crippen LogP contribution in [0.1, 0.15) is 22.5 Å². The minimum Gasteiger partial charge on any atom is -0.492 e. The van der Waals surface area contributed by atoms with E-state index in [2.05, 4.69) is 31.9 Å². The first-order chi connectivity index (χ1) is 10.1. The van der Waals surface area contributed by atoms with Crippen molar-refractivity contribution in [3.63, 3.8) is 0 Å². The molecule has 0 saturated carbocycles. The predicted molar refractivity (Wildman–Crippen MR) is 91.2 cm³/mol. The van der Waals surface area contributed by atoms with Gasteiger partial charge in [-0.15, -0.1) is 22.7 Å². The maximum absolute atomic E-state index is 11.0. The van der Waals surface area contributed by atoms with Crippen LogP contribution in [0, 0.1) is 0 Å². The summed E-state index contributed by atoms with van der Waals surface area (Å²) in [5.74, 6) is 0.301. The zero-order valence-corrected chi connectivity index (χ0v) is 15.6. The molecule has 0 unspecified atom stereocenters. The lowest BCUT2D eigenvalue weighted by Gasteiger charge is -2.07. The number of carbonyl (C=O) groups is 1. The van der Waals surface area contributed by atoms with Crippen LogP contribution in [0.2, 0.25) is 0 Å². The van der Waals surface area contributed by atoms with E-state index in [0.29, 0.717) is 23.4 Å². The van der Waals surface area contributed by atoms with Crippen LogP contribution in [0.25, 0.3) is 0 Å². The monoisotopic (exact) mass is 454 g/mol. The third-order valence-electron chi connectivity index (χ3n) is 2.52. The van der Waals surface area contributed by atoms with Crippen molar-refractivity contribution in [2.75, 3.05) is 13.2 Å². The van der Waals surface area contributed by atoms with E-state index in [1.165, 1.54) is 0 Å². The fourth-order valence-corrected chi connectivity index (χ4v) is 4.30. The predicted octanol–water partition coefficient (Wildman–Crippen LogP) is 5.27. The summed E-state index contributed by atoms with van der Waals surface area (Å²) >= 11 is 9.44. The first kappa shape index (κ1) is 16.8. The Balaban J connectivity index is 1.69. The number of unbranched alkanes of at least 4 members (excludes halogenated alkanes) is 1. The number of rotatable bonds is 8. The standard InChI is InChI=1S/C13H12Br2O4S2/c14-8-5-20-7-10(8)18-3-1-2-4-19-11-9(15)6-21-12(11)13(16)17/h5-7H,1-4H2,(H,16,17). The molecule has 2 heterocycles. The number of thiophene rings is 2. The van der Waals surface area contributed by atoms with Crippen molar-refractivity contribution < 1.29 is 19.4 Å². The summed E-state index contributed by atoms with van der Waals surface area (Å²) in [5, 5.41) is 14.7. The molecular weight excluding hydrogens is 444 g/mol. The molecule has 0 bridgehead atoms. The normalized spacial score (nSPS) is 10.6. The average Bonchev–Trinajstić information content (AvgIpc) is 3.01. The zero-order chi connectivity index (χ0) is 15.2. The maximum atomic E-state index is 11.0. The minimum absolute atomic E-state index is 0.223. The molecule has 8 heteroatoms. The number of halogens is 2. The van der Waals surface area contributed by atoms with Crippen molar-refractivity contribution in [3.8, 4) is 11.5 Å². The van der Waals surface area contributed by atoms with Crippen LogP contribution in [0.3, 0.4) is 0 Å². The molecular formula is C13H12Br2O4S2. The van der Waals surface area contributed by atoms with E-state index in [9.17, 15) is 4.79 Å². The Morgan fingerprint density at radius 3 is 2.43 bits per heavy atom. The second kappa shape index (κ2) is 8.17. The zero-order valence-electron chi connectivity index (χ0n) is 10.8. The Kier molecular flexibility index (Phi) is 6.53. The summed E-state index contributed by atoms with van der Waals surface area (Å²) in [7, 11) is 0. The summed E-state index contributed by atoms with van der Waals surface area (Å²) in [6.45, 7) is 1.07. The number of carboxylic acid groups (broad SMARTS) is 1. The van der Waals surface area contributed by atoms with Crippen molar-refractivity contribution in [2.24, 2.45) is 0 Å². The third-order valence-corrected chi connectivity index (χ3v) is 6.01. The lowest BCUT2D eigenvalue weighted by molar-refractivity contribution is 0.0697. The quantitative estimate of drug-likeness (QED) is 0.550. The highest BCUT2D eigenvalue weighted by atomic mass is 79.9. The topological polar surface area (TPSA) is 55.8 Å². The molecule has 21 heavy (non-hydrogen) atoms. The number of hydrogen-bond donors (Lipinski definition) is 1. The number of ether oxygens (including phenoxy) is 2. The van der Waals surface area contributed by atoms with Gasteiger partial charge in [-0.3, -0.25) is 0 Å². The molecule has 0 spiro atoms. The molecule has 0 aliphatic heterocycles. The van der Waals surface area contributed by atoms with Gasteiger partial charge < -0.3 is 14.6 Å². The fraction of sp³-hybridized carbons (Fsp3) is 0.308. The number of carboxylic acids is 1. The average molecular weight is 456 g/mol. The van der Waals surface area contributed by atoms with Crippen LogP contribution >= 0.6 is 54.5 Å². The Labute approximate surface area is 147 Å². The van der Waals surface area contributed by atoms with Crippen LogP contribution in [-0.2, 0) is 0 Å². The molecule has 2 aromatic rings. The van der Waals surface area contributed by atoms with E-state index in [0.717, 1.165) is 34.4 Å². The molecule has 0 aromatic carbocycles. The summed E-state index contributed by atoms with van der Waals surface area (Å²) < 4.78 is 12.8. The van der Waals surface area contributed by atoms with Gasteiger partial charge in [0.25, 0.3) is 0 Å². The van der Waals surface area contributed by atoms with Gasteiger partial charge in [0.05, 0.1) is 22.2 Å². The largest absolute Gasteiger partial charge is 0.492 e. The molecule has 0 saturated heterocycles. The Bertz CT molecular complexity index is 609. The molecule has 0 atom stereocenters. The number of hydrogen-bond acceptors (Lipinski definition) is 5. The third kappa shape index (κ3) is 4.70. The van der Waals surface area contributed by atoms with Gasteiger partial charge >= 0.3 is 5.97 Å². The van der Waals surface area contributed by atoms with Gasteiger partial charge in [0.15, 0.2) is 10.6 Å². The Hall–Kier alpha value is -0.570. The second-order valence-electron chi connectivity index (χ2n) is 4.04. The van der Waals surface area contributed by atoms with E-state index >= 15 is 0 Å². The lowest BCUT2D eigenvalue weighted by Crippen LogP contribution is -2.04. The highest BCUT2D eigenvalue weighted by Gasteiger charge is 2.17. The molecule has 0 fully saturated rings. The minimum atomic E-state index is -0.966. The maximum Gasteiger partial charge on any atom is 0.349 e. The second-order valence-corrected chi connectivity index (χ2v) is 7.37. The first-order valence-corrected chi connectivity index (χ1v) is 9.48. The van der Waals surface area contributed by atoms with Gasteiger partial charge in [-0.05, 0) is 44.7 Å². The first-order valence-electron chi connectivity index (χ1n) is 6.07. The van der Waals surface area contributed by atoms with E-state index < -0.39 is 5.97 Å². The molecule has 0 radical (unpaired) electrons. The van der Waals surface area contributed by atoms with E-state index in [1.807, 2.05) is 10.8 Å². The van der Waals surface area contributed by atoms with Gasteiger partial charge in [0.1, 0.15) is 5.75 Å². The fourth-order valence-electron chi connectivity index (χ4n) is 1.54. The summed E-state index contributed by atoms with van der Waals surface area (Å²) in [5.41, 5.74) is 0. The van der Waals surface area contributed by atoms with Gasteiger partial charge in [-0.25, -0.2) is 4.79 Å². The van der Waals surface area contributed by atoms with Crippen LogP contribution in [-0.4, -0.2) is 24.3 Å². The Morgan fingerprint density at radius 2 is 1.81 bits per heavy atom. The van der Waals surface area contributed by atoms with Crippen molar-refractivity contribution in [2.45, 2.75) is 12.8 Å². The van der Waals surface area contributed by atoms with E-state index in [1.54, 1.807) is 16.7 Å². The van der Waals surface area contributed by atoms with E-state index in [4.69, 9.17) is 14.6 Å². The summed E-state index contributed by atoms with van der Waals surface area (Å²) in [6.07, 6.45) is 1.63. The van der Waals surface area contributed by atoms with Gasteiger partial charge in [0.2, 0.25) is 0 Å². The smallest absolute Gasteiger partial charge is 0.349 e. The molecule has 2 rings (SSSR count). The van der Waals surface area contributed by atoms with Crippen molar-refractivity contribution >= 4 is 60.5 Å². The molecule has 1 N–H and O–H groups in total. The van der Waals surface area contributed by atoms with Gasteiger partial charge in [0, 0.05) is 16.1 Å². The van der Waals surface area contributed by atoms with Gasteiger partial charge in [-0.1, -0.05) is 0 Å². The van der Waals surface area contributed by atoms with Crippen molar-refractivity contribution in [1.29, 1.82) is 0 Å². The van der Waals surface area contributed by atoms with Crippen molar-refractivity contribution in [1.82, 2.24) is 0 Å². The van der Waals surface area contributed by atoms with Crippen LogP contribution in [0.4, 0.5) is 0 Å². The Morgan fingerprint density at radius 1 is 1.10 bits per heavy atom. The highest BCUT2D eigenvalue weighted by Crippen LogP contribution is 2.35. The molecule has 114 valence electrons. The highest BCUT2D eigenvalue weighted by molar-refractivity contribution is 9.11. The molecule has 0 aliphatic rings. The molecule has 0 amide bonds. The van der Waals surface area contributed by atoms with Crippen molar-refractivity contribution in [3.05, 3.63) is 30.0 Å². The number of aromatic carboxylic acids is 1. The van der Waals surface area contributed by atoms with E-state index in [-0.39, 0.29) is 4.88 Å². The summed E-state index contributed by atoms with van der Waals surface area (Å²) in [4.78, 5) is 11.2. The van der Waals surface area contributed by atoms with Crippen LogP contribution in [0.15, 0.2) is 25.1 Å². The lowest BCUT2D eigenvalue weighted by atomic mass is 10.3. The van der Waals surface area contributed by atoms with Crippen LogP contribution < -0.4 is 9.47 Å².